The third kappa shape index (κ3) is 3.54. The number of nitrogens with one attached hydrogen (secondary N) is 2. The van der Waals surface area contributed by atoms with Crippen molar-refractivity contribution in [3.63, 3.8) is 0 Å². The molecule has 2 aromatic carbocycles. The molecular weight excluding hydrogens is 382 g/mol. The number of urea groups is 1. The van der Waals surface area contributed by atoms with Crippen molar-refractivity contribution in [3.8, 4) is 0 Å². The number of likely N-dealkylation sites (tertiary alicyclic amines) is 1. The van der Waals surface area contributed by atoms with Gasteiger partial charge in [-0.25, -0.2) is 9.69 Å². The van der Waals surface area contributed by atoms with Crippen LogP contribution in [0.5, 0.6) is 0 Å². The summed E-state index contributed by atoms with van der Waals surface area (Å²) in [4.78, 5) is 40.7. The van der Waals surface area contributed by atoms with Gasteiger partial charge in [-0.3, -0.25) is 9.59 Å². The number of hydrogen-bond donors (Lipinski definition) is 2. The van der Waals surface area contributed by atoms with E-state index >= 15 is 0 Å². The Bertz CT molecular complexity index is 986. The van der Waals surface area contributed by atoms with Gasteiger partial charge in [-0.15, -0.1) is 0 Å². The zero-order valence-corrected chi connectivity index (χ0v) is 17.4. The fourth-order valence-electron chi connectivity index (χ4n) is 4.66. The van der Waals surface area contributed by atoms with Crippen LogP contribution in [0, 0.1) is 5.92 Å². The van der Waals surface area contributed by atoms with Gasteiger partial charge >= 0.3 is 12.0 Å². The molecule has 0 aliphatic carbocycles. The number of rotatable bonds is 5. The van der Waals surface area contributed by atoms with Crippen molar-refractivity contribution in [1.82, 2.24) is 10.2 Å². The Morgan fingerprint density at radius 2 is 2.00 bits per heavy atom. The lowest BCUT2D eigenvalue weighted by atomic mass is 9.88. The van der Waals surface area contributed by atoms with Gasteiger partial charge in [-0.05, 0) is 43.0 Å². The van der Waals surface area contributed by atoms with E-state index in [4.69, 9.17) is 4.74 Å². The van der Waals surface area contributed by atoms with Crippen molar-refractivity contribution in [1.29, 1.82) is 0 Å². The number of esters is 1. The summed E-state index contributed by atoms with van der Waals surface area (Å²) in [6, 6.07) is 13.3. The van der Waals surface area contributed by atoms with Crippen molar-refractivity contribution in [2.75, 3.05) is 26.4 Å². The predicted octanol–water partition coefficient (Wildman–Crippen LogP) is 1.42. The van der Waals surface area contributed by atoms with Crippen LogP contribution in [0.3, 0.4) is 0 Å². The highest BCUT2D eigenvalue weighted by Crippen LogP contribution is 2.33. The summed E-state index contributed by atoms with van der Waals surface area (Å²) in [5.41, 5.74) is -0.326. The first-order chi connectivity index (χ1) is 14.4. The second-order valence-electron chi connectivity index (χ2n) is 8.27. The van der Waals surface area contributed by atoms with Crippen molar-refractivity contribution in [3.05, 3.63) is 48.0 Å². The standard InChI is InChI=1S/C23H27N3O4/c1-3-30-20(27)17-10-7-13-25(14-17)15-26-21(28)23(2,24-22(26)29)19-12-6-9-16-8-4-5-11-18(16)19/h4-6,8-9,11-12,17H,3,7,10,13-15H2,1-2H3,(H,24,29)/p+1/t17-,23-/m1/s1. The Labute approximate surface area is 176 Å². The van der Waals surface area contributed by atoms with E-state index in [2.05, 4.69) is 5.32 Å². The molecular formula is C23H28N3O4+. The molecule has 4 rings (SSSR count). The Kier molecular flexibility index (Phi) is 5.47. The number of fused-ring (bicyclic) bond motifs is 1. The molecule has 2 aliphatic heterocycles. The van der Waals surface area contributed by atoms with E-state index in [9.17, 15) is 14.4 Å². The molecule has 2 N–H and O–H groups in total. The van der Waals surface area contributed by atoms with Crippen LogP contribution < -0.4 is 10.2 Å². The van der Waals surface area contributed by atoms with Crippen LogP contribution in [-0.2, 0) is 19.9 Å². The quantitative estimate of drug-likeness (QED) is 0.577. The summed E-state index contributed by atoms with van der Waals surface area (Å²) in [5.74, 6) is -0.624. The lowest BCUT2D eigenvalue weighted by molar-refractivity contribution is -0.914. The third-order valence-corrected chi connectivity index (χ3v) is 6.22. The minimum Gasteiger partial charge on any atom is -0.466 e. The Morgan fingerprint density at radius 1 is 1.23 bits per heavy atom. The lowest BCUT2D eigenvalue weighted by Gasteiger charge is -2.31. The van der Waals surface area contributed by atoms with E-state index < -0.39 is 5.54 Å². The fraction of sp³-hybridized carbons (Fsp3) is 0.435. The molecule has 30 heavy (non-hydrogen) atoms. The second-order valence-corrected chi connectivity index (χ2v) is 8.27. The largest absolute Gasteiger partial charge is 0.466 e. The van der Waals surface area contributed by atoms with E-state index in [1.807, 2.05) is 42.5 Å². The lowest BCUT2D eigenvalue weighted by Crippen LogP contribution is -3.15. The first kappa shape index (κ1) is 20.3. The van der Waals surface area contributed by atoms with Crippen molar-refractivity contribution in [2.45, 2.75) is 32.2 Å². The third-order valence-electron chi connectivity index (χ3n) is 6.22. The number of benzene rings is 2. The van der Waals surface area contributed by atoms with Crippen LogP contribution in [0.4, 0.5) is 4.79 Å². The molecule has 0 spiro atoms. The van der Waals surface area contributed by atoms with Crippen LogP contribution in [0.25, 0.3) is 10.8 Å². The molecule has 1 unspecified atom stereocenters. The highest BCUT2D eigenvalue weighted by Gasteiger charge is 2.51. The number of hydrogen-bond acceptors (Lipinski definition) is 4. The van der Waals surface area contributed by atoms with Gasteiger partial charge in [0.15, 0.2) is 6.67 Å². The molecule has 7 nitrogen and oxygen atoms in total. The molecule has 0 aromatic heterocycles. The van der Waals surface area contributed by atoms with E-state index in [-0.39, 0.29) is 30.5 Å². The Morgan fingerprint density at radius 3 is 2.80 bits per heavy atom. The van der Waals surface area contributed by atoms with E-state index in [1.54, 1.807) is 13.8 Å². The average molecular weight is 410 g/mol. The maximum Gasteiger partial charge on any atom is 0.329 e. The smallest absolute Gasteiger partial charge is 0.329 e. The minimum absolute atomic E-state index is 0.182. The van der Waals surface area contributed by atoms with Gasteiger partial charge in [0.2, 0.25) is 0 Å². The van der Waals surface area contributed by atoms with Gasteiger partial charge in [0.05, 0.1) is 19.7 Å². The first-order valence-corrected chi connectivity index (χ1v) is 10.6. The highest BCUT2D eigenvalue weighted by atomic mass is 16.5. The van der Waals surface area contributed by atoms with E-state index in [0.29, 0.717) is 13.2 Å². The molecule has 7 heteroatoms. The summed E-state index contributed by atoms with van der Waals surface area (Å²) in [5, 5.41) is 4.89. The topological polar surface area (TPSA) is 80.2 Å². The van der Waals surface area contributed by atoms with Crippen molar-refractivity contribution in [2.24, 2.45) is 5.92 Å². The number of ether oxygens (including phenoxy) is 1. The number of carbonyl (C=O) groups is 3. The average Bonchev–Trinajstić information content (AvgIpc) is 2.97. The summed E-state index contributed by atoms with van der Waals surface area (Å²) in [6.45, 7) is 5.56. The van der Waals surface area contributed by atoms with E-state index in [0.717, 1.165) is 40.6 Å². The van der Waals surface area contributed by atoms with Crippen molar-refractivity contribution < 1.29 is 24.0 Å². The SMILES string of the molecule is CCOC(=O)[C@@H]1CCC[NH+](CN2C(=O)N[C@](C)(c3cccc4ccccc34)C2=O)C1. The van der Waals surface area contributed by atoms with Gasteiger partial charge in [-0.1, -0.05) is 42.5 Å². The van der Waals surface area contributed by atoms with Crippen LogP contribution in [-0.4, -0.2) is 49.2 Å². The van der Waals surface area contributed by atoms with Crippen LogP contribution >= 0.6 is 0 Å². The van der Waals surface area contributed by atoms with Gasteiger partial charge in [0.1, 0.15) is 11.5 Å². The number of nitrogens with zero attached hydrogens (tertiary/aromatic N) is 1. The summed E-state index contributed by atoms with van der Waals surface area (Å²) < 4.78 is 5.16. The van der Waals surface area contributed by atoms with Gasteiger partial charge in [0, 0.05) is 0 Å². The van der Waals surface area contributed by atoms with E-state index in [1.165, 1.54) is 4.90 Å². The maximum absolute atomic E-state index is 13.4. The van der Waals surface area contributed by atoms with Crippen molar-refractivity contribution >= 4 is 28.7 Å². The number of carbonyl (C=O) groups excluding carboxylic acids is 3. The van der Waals surface area contributed by atoms with Gasteiger partial charge < -0.3 is 15.0 Å². The molecule has 0 radical (unpaired) electrons. The van der Waals surface area contributed by atoms with Crippen LogP contribution in [0.2, 0.25) is 0 Å². The normalized spacial score (nSPS) is 26.7. The molecule has 2 aliphatic rings. The molecule has 2 aromatic rings. The molecule has 2 saturated heterocycles. The summed E-state index contributed by atoms with van der Waals surface area (Å²) >= 11 is 0. The minimum atomic E-state index is -1.12. The second kappa shape index (κ2) is 8.07. The van der Waals surface area contributed by atoms with Gasteiger partial charge in [0.25, 0.3) is 5.91 Å². The fourth-order valence-corrected chi connectivity index (χ4v) is 4.66. The molecule has 2 heterocycles. The molecule has 2 fully saturated rings. The number of amides is 3. The number of imide groups is 1. The van der Waals surface area contributed by atoms with Crippen LogP contribution in [0.1, 0.15) is 32.3 Å². The highest BCUT2D eigenvalue weighted by molar-refractivity contribution is 6.09. The summed E-state index contributed by atoms with van der Waals surface area (Å²) in [7, 11) is 0. The molecule has 0 saturated carbocycles. The molecule has 3 atom stereocenters. The molecule has 0 bridgehead atoms. The summed E-state index contributed by atoms with van der Waals surface area (Å²) in [6.07, 6.45) is 1.65. The zero-order valence-electron chi connectivity index (χ0n) is 17.4. The Hall–Kier alpha value is -2.93. The maximum atomic E-state index is 13.4. The molecule has 158 valence electrons. The zero-order chi connectivity index (χ0) is 21.3. The van der Waals surface area contributed by atoms with Crippen LogP contribution in [0.15, 0.2) is 42.5 Å². The Balaban J connectivity index is 1.55. The predicted molar refractivity (Wildman–Crippen MR) is 112 cm³/mol. The number of piperidine rings is 1. The first-order valence-electron chi connectivity index (χ1n) is 10.6. The van der Waals surface area contributed by atoms with Gasteiger partial charge in [-0.2, -0.15) is 0 Å². The number of quaternary nitrogens is 1. The monoisotopic (exact) mass is 410 g/mol. The molecule has 3 amide bonds.